The number of carbonyl (C=O) groups is 2. The Morgan fingerprint density at radius 3 is 2.46 bits per heavy atom. The summed E-state index contributed by atoms with van der Waals surface area (Å²) in [6.45, 7) is 2.17. The molecule has 0 unspecified atom stereocenters. The molecule has 2 aliphatic rings. The van der Waals surface area contributed by atoms with Crippen LogP contribution in [0.3, 0.4) is 0 Å². The standard InChI is InChI=1S/C17H23N3O5S/c1-17(15(21)18-16(22)19-17)11-26(23,24)20-9-7-12(8-10-20)13-5-3-4-6-14(13)25-2/h3-6,12H,7-11H2,1-2H3,(H2,18,19,21,22)/t17-/m1/s1. The molecule has 0 spiro atoms. The van der Waals surface area contributed by atoms with Crippen molar-refractivity contribution in [3.8, 4) is 5.75 Å². The highest BCUT2D eigenvalue weighted by molar-refractivity contribution is 7.89. The molecular weight excluding hydrogens is 358 g/mol. The van der Waals surface area contributed by atoms with Crippen molar-refractivity contribution >= 4 is 22.0 Å². The summed E-state index contributed by atoms with van der Waals surface area (Å²) in [6.07, 6.45) is 1.35. The Kier molecular flexibility index (Phi) is 4.94. The number of methoxy groups -OCH3 is 1. The molecule has 8 nitrogen and oxygen atoms in total. The van der Waals surface area contributed by atoms with Gasteiger partial charge in [0.2, 0.25) is 10.0 Å². The molecule has 1 aromatic carbocycles. The fourth-order valence-electron chi connectivity index (χ4n) is 3.59. The van der Waals surface area contributed by atoms with Gasteiger partial charge in [-0.1, -0.05) is 18.2 Å². The van der Waals surface area contributed by atoms with Gasteiger partial charge in [0.1, 0.15) is 11.3 Å². The SMILES string of the molecule is COc1ccccc1C1CCN(S(=O)(=O)C[C@@]2(C)NC(=O)NC2=O)CC1. The zero-order valence-corrected chi connectivity index (χ0v) is 15.6. The summed E-state index contributed by atoms with van der Waals surface area (Å²) >= 11 is 0. The fraction of sp³-hybridized carbons (Fsp3) is 0.529. The van der Waals surface area contributed by atoms with Crippen molar-refractivity contribution in [3.63, 3.8) is 0 Å². The minimum Gasteiger partial charge on any atom is -0.496 e. The Hall–Kier alpha value is -2.13. The predicted octanol–water partition coefficient (Wildman–Crippen LogP) is 0.803. The molecule has 2 saturated heterocycles. The van der Waals surface area contributed by atoms with Gasteiger partial charge in [-0.05, 0) is 37.3 Å². The number of urea groups is 1. The molecular formula is C17H23N3O5S. The van der Waals surface area contributed by atoms with Gasteiger partial charge in [0.25, 0.3) is 5.91 Å². The third-order valence-electron chi connectivity index (χ3n) is 5.01. The van der Waals surface area contributed by atoms with Crippen molar-refractivity contribution in [2.24, 2.45) is 0 Å². The average Bonchev–Trinajstić information content (AvgIpc) is 2.85. The Labute approximate surface area is 152 Å². The second-order valence-electron chi connectivity index (χ2n) is 6.91. The quantitative estimate of drug-likeness (QED) is 0.734. The van der Waals surface area contributed by atoms with Gasteiger partial charge in [-0.3, -0.25) is 10.1 Å². The number of hydrogen-bond acceptors (Lipinski definition) is 5. The summed E-state index contributed by atoms with van der Waals surface area (Å²) < 4.78 is 32.3. The van der Waals surface area contributed by atoms with Crippen LogP contribution in [-0.2, 0) is 14.8 Å². The van der Waals surface area contributed by atoms with Crippen LogP contribution in [0.25, 0.3) is 0 Å². The summed E-state index contributed by atoms with van der Waals surface area (Å²) in [7, 11) is -2.05. The lowest BCUT2D eigenvalue weighted by Gasteiger charge is -2.33. The van der Waals surface area contributed by atoms with E-state index in [1.807, 2.05) is 24.3 Å². The van der Waals surface area contributed by atoms with Gasteiger partial charge in [-0.15, -0.1) is 0 Å². The monoisotopic (exact) mass is 381 g/mol. The second-order valence-corrected chi connectivity index (χ2v) is 8.88. The molecule has 1 atom stereocenters. The molecule has 26 heavy (non-hydrogen) atoms. The van der Waals surface area contributed by atoms with Crippen LogP contribution in [0.15, 0.2) is 24.3 Å². The van der Waals surface area contributed by atoms with E-state index in [0.717, 1.165) is 11.3 Å². The maximum atomic E-state index is 12.7. The molecule has 2 heterocycles. The number of carbonyl (C=O) groups excluding carboxylic acids is 2. The molecule has 9 heteroatoms. The van der Waals surface area contributed by atoms with E-state index in [4.69, 9.17) is 4.74 Å². The summed E-state index contributed by atoms with van der Waals surface area (Å²) in [5.41, 5.74) is -0.350. The molecule has 142 valence electrons. The molecule has 2 fully saturated rings. The van der Waals surface area contributed by atoms with Crippen molar-refractivity contribution in [2.45, 2.75) is 31.2 Å². The molecule has 0 saturated carbocycles. The number of amides is 3. The minimum absolute atomic E-state index is 0.225. The number of hydrogen-bond donors (Lipinski definition) is 2. The smallest absolute Gasteiger partial charge is 0.322 e. The summed E-state index contributed by atoms with van der Waals surface area (Å²) in [6, 6.07) is 7.10. The molecule has 0 aromatic heterocycles. The van der Waals surface area contributed by atoms with E-state index in [2.05, 4.69) is 10.6 Å². The van der Waals surface area contributed by atoms with Gasteiger partial charge in [-0.25, -0.2) is 17.5 Å². The molecule has 0 bridgehead atoms. The summed E-state index contributed by atoms with van der Waals surface area (Å²) in [4.78, 5) is 23.2. The van der Waals surface area contributed by atoms with E-state index < -0.39 is 33.3 Å². The van der Waals surface area contributed by atoms with Crippen LogP contribution in [-0.4, -0.2) is 56.2 Å². The first-order chi connectivity index (χ1) is 12.2. The summed E-state index contributed by atoms with van der Waals surface area (Å²) in [5.74, 6) is -0.0269. The van der Waals surface area contributed by atoms with Gasteiger partial charge >= 0.3 is 6.03 Å². The van der Waals surface area contributed by atoms with Crippen molar-refractivity contribution in [3.05, 3.63) is 29.8 Å². The van der Waals surface area contributed by atoms with Crippen molar-refractivity contribution in [1.29, 1.82) is 0 Å². The van der Waals surface area contributed by atoms with Crippen molar-refractivity contribution in [2.75, 3.05) is 26.0 Å². The Bertz CT molecular complexity index is 817. The number of piperidine rings is 1. The molecule has 3 rings (SSSR count). The largest absolute Gasteiger partial charge is 0.496 e. The number of rotatable bonds is 5. The predicted molar refractivity (Wildman–Crippen MR) is 95.4 cm³/mol. The van der Waals surface area contributed by atoms with E-state index in [1.54, 1.807) is 7.11 Å². The van der Waals surface area contributed by atoms with Gasteiger partial charge in [0.15, 0.2) is 0 Å². The highest BCUT2D eigenvalue weighted by Gasteiger charge is 2.46. The third-order valence-corrected chi connectivity index (χ3v) is 7.11. The van der Waals surface area contributed by atoms with Gasteiger partial charge in [0, 0.05) is 13.1 Å². The Morgan fingerprint density at radius 2 is 1.88 bits per heavy atom. The van der Waals surface area contributed by atoms with Crippen LogP contribution in [0.5, 0.6) is 5.75 Å². The van der Waals surface area contributed by atoms with Crippen LogP contribution in [0.4, 0.5) is 4.79 Å². The first kappa shape index (κ1) is 18.7. The van der Waals surface area contributed by atoms with Crippen LogP contribution >= 0.6 is 0 Å². The molecule has 3 amide bonds. The Balaban J connectivity index is 1.67. The fourth-order valence-corrected chi connectivity index (χ4v) is 5.47. The topological polar surface area (TPSA) is 105 Å². The number of sulfonamides is 1. The van der Waals surface area contributed by atoms with Gasteiger partial charge in [0.05, 0.1) is 12.9 Å². The number of para-hydroxylation sites is 1. The van der Waals surface area contributed by atoms with Crippen LogP contribution in [0.2, 0.25) is 0 Å². The highest BCUT2D eigenvalue weighted by Crippen LogP contribution is 2.35. The van der Waals surface area contributed by atoms with Gasteiger partial charge < -0.3 is 10.1 Å². The number of imide groups is 1. The molecule has 2 N–H and O–H groups in total. The lowest BCUT2D eigenvalue weighted by Crippen LogP contribution is -2.53. The highest BCUT2D eigenvalue weighted by atomic mass is 32.2. The number of ether oxygens (including phenoxy) is 1. The van der Waals surface area contributed by atoms with E-state index in [-0.39, 0.29) is 5.92 Å². The first-order valence-electron chi connectivity index (χ1n) is 8.49. The zero-order valence-electron chi connectivity index (χ0n) is 14.8. The zero-order chi connectivity index (χ0) is 18.9. The average molecular weight is 381 g/mol. The van der Waals surface area contributed by atoms with Crippen LogP contribution < -0.4 is 15.4 Å². The van der Waals surface area contributed by atoms with E-state index in [9.17, 15) is 18.0 Å². The minimum atomic E-state index is -3.68. The number of nitrogens with zero attached hydrogens (tertiary/aromatic N) is 1. The second kappa shape index (κ2) is 6.88. The van der Waals surface area contributed by atoms with Gasteiger partial charge in [-0.2, -0.15) is 0 Å². The molecule has 0 radical (unpaired) electrons. The maximum absolute atomic E-state index is 12.7. The Morgan fingerprint density at radius 1 is 1.23 bits per heavy atom. The lowest BCUT2D eigenvalue weighted by atomic mass is 9.89. The maximum Gasteiger partial charge on any atom is 0.322 e. The van der Waals surface area contributed by atoms with Crippen molar-refractivity contribution < 1.29 is 22.7 Å². The lowest BCUT2D eigenvalue weighted by molar-refractivity contribution is -0.122. The molecule has 0 aliphatic carbocycles. The van der Waals surface area contributed by atoms with E-state index >= 15 is 0 Å². The summed E-state index contributed by atoms with van der Waals surface area (Å²) in [5, 5.41) is 4.49. The van der Waals surface area contributed by atoms with Crippen LogP contribution in [0, 0.1) is 0 Å². The van der Waals surface area contributed by atoms with Crippen molar-refractivity contribution in [1.82, 2.24) is 14.9 Å². The number of nitrogens with one attached hydrogen (secondary N) is 2. The third kappa shape index (κ3) is 3.54. The van der Waals surface area contributed by atoms with E-state index in [0.29, 0.717) is 25.9 Å². The first-order valence-corrected chi connectivity index (χ1v) is 10.1. The van der Waals surface area contributed by atoms with Crippen LogP contribution in [0.1, 0.15) is 31.2 Å². The molecule has 1 aromatic rings. The normalized spacial score (nSPS) is 25.0. The number of benzene rings is 1. The van der Waals surface area contributed by atoms with E-state index in [1.165, 1.54) is 11.2 Å². The molecule has 2 aliphatic heterocycles.